The molecule has 1 fully saturated rings. The molecule has 1 saturated heterocycles. The van der Waals surface area contributed by atoms with Crippen LogP contribution in [0.4, 0.5) is 0 Å². The summed E-state index contributed by atoms with van der Waals surface area (Å²) in [5.74, 6) is 2.81. The molecule has 7 nitrogen and oxygen atoms in total. The Morgan fingerprint density at radius 2 is 1.97 bits per heavy atom. The van der Waals surface area contributed by atoms with Gasteiger partial charge in [0.25, 0.3) is 0 Å². The van der Waals surface area contributed by atoms with Gasteiger partial charge in [-0.15, -0.1) is 34.2 Å². The van der Waals surface area contributed by atoms with Crippen molar-refractivity contribution in [1.82, 2.24) is 25.0 Å². The van der Waals surface area contributed by atoms with Crippen LogP contribution in [0.25, 0.3) is 0 Å². The molecule has 0 radical (unpaired) electrons. The molecule has 8 heteroatoms. The lowest BCUT2D eigenvalue weighted by Gasteiger charge is -2.34. The molecule has 0 amide bonds. The van der Waals surface area contributed by atoms with Gasteiger partial charge in [0.15, 0.2) is 5.96 Å². The van der Waals surface area contributed by atoms with Gasteiger partial charge in [0.1, 0.15) is 12.2 Å². The van der Waals surface area contributed by atoms with E-state index in [1.807, 2.05) is 13.3 Å². The minimum Gasteiger partial charge on any atom is -0.382 e. The van der Waals surface area contributed by atoms with Crippen LogP contribution < -0.4 is 5.32 Å². The van der Waals surface area contributed by atoms with Crippen LogP contribution in [0, 0.1) is 5.92 Å². The van der Waals surface area contributed by atoms with Crippen molar-refractivity contribution in [3.8, 4) is 0 Å². The molecule has 0 spiro atoms. The normalized spacial score (nSPS) is 14.9. The number of aliphatic imine (C=N–C) groups is 1. The van der Waals surface area contributed by atoms with E-state index < -0.39 is 0 Å². The second kappa shape index (κ2) is 15.2. The van der Waals surface area contributed by atoms with Gasteiger partial charge in [-0.3, -0.25) is 4.99 Å². The lowest BCUT2D eigenvalue weighted by molar-refractivity contribution is 0.146. The highest BCUT2D eigenvalue weighted by molar-refractivity contribution is 14.0. The number of ether oxygens (including phenoxy) is 1. The second-order valence-electron chi connectivity index (χ2n) is 8.10. The topological polar surface area (TPSA) is 67.6 Å². The fourth-order valence-electron chi connectivity index (χ4n) is 4.09. The number of nitrogens with one attached hydrogen (secondary N) is 1. The predicted molar refractivity (Wildman–Crippen MR) is 141 cm³/mol. The van der Waals surface area contributed by atoms with E-state index in [9.17, 15) is 0 Å². The summed E-state index contributed by atoms with van der Waals surface area (Å²) in [6.45, 7) is 10.2. The Bertz CT molecular complexity index is 774. The summed E-state index contributed by atoms with van der Waals surface area (Å²) in [7, 11) is 0. The summed E-state index contributed by atoms with van der Waals surface area (Å²) in [5.41, 5.74) is 1.45. The Morgan fingerprint density at radius 1 is 1.19 bits per heavy atom. The Morgan fingerprint density at radius 3 is 2.69 bits per heavy atom. The van der Waals surface area contributed by atoms with Crippen LogP contribution in [0.2, 0.25) is 0 Å². The fraction of sp³-hybridized carbons (Fsp3) is 0.625. The highest BCUT2D eigenvalue weighted by Gasteiger charge is 2.21. The first-order chi connectivity index (χ1) is 15.3. The van der Waals surface area contributed by atoms with Crippen molar-refractivity contribution >= 4 is 29.9 Å². The van der Waals surface area contributed by atoms with Crippen molar-refractivity contribution in [2.24, 2.45) is 10.9 Å². The Hall–Kier alpha value is -1.68. The van der Waals surface area contributed by atoms with Crippen LogP contribution in [0.3, 0.4) is 0 Å². The van der Waals surface area contributed by atoms with Gasteiger partial charge >= 0.3 is 0 Å². The number of hydrogen-bond acceptors (Lipinski definition) is 4. The standard InChI is InChI=1S/C24H38N6O.HI/c1-3-23-28-27-20-30(23)17-14-26-24(25-13-8-18-31-4-2)29-15-11-22(12-16-29)19-21-9-6-5-7-10-21;/h5-7,9-10,20,22H,3-4,8,11-19H2,1-2H3,(H,25,26);1H. The van der Waals surface area contributed by atoms with Gasteiger partial charge < -0.3 is 19.5 Å². The van der Waals surface area contributed by atoms with Crippen molar-refractivity contribution in [3.05, 3.63) is 48.0 Å². The van der Waals surface area contributed by atoms with Gasteiger partial charge in [-0.25, -0.2) is 0 Å². The summed E-state index contributed by atoms with van der Waals surface area (Å²) < 4.78 is 7.58. The minimum absolute atomic E-state index is 0. The SMILES string of the molecule is CCOCCCN=C(NCCn1cnnc1CC)N1CCC(Cc2ccccc2)CC1.I. The number of guanidine groups is 1. The first-order valence-electron chi connectivity index (χ1n) is 11.8. The molecule has 1 aromatic heterocycles. The average Bonchev–Trinajstić information content (AvgIpc) is 3.26. The molecule has 2 heterocycles. The third kappa shape index (κ3) is 8.69. The van der Waals surface area contributed by atoms with E-state index in [0.29, 0.717) is 0 Å². The average molecular weight is 555 g/mol. The number of aromatic nitrogens is 3. The maximum Gasteiger partial charge on any atom is 0.193 e. The van der Waals surface area contributed by atoms with E-state index in [0.717, 1.165) is 76.5 Å². The molecular formula is C24H39IN6O. The van der Waals surface area contributed by atoms with Gasteiger partial charge in [-0.2, -0.15) is 0 Å². The molecule has 0 atom stereocenters. The minimum atomic E-state index is 0. The molecule has 0 bridgehead atoms. The van der Waals surface area contributed by atoms with Crippen LogP contribution in [0.15, 0.2) is 41.7 Å². The molecule has 1 aliphatic rings. The first kappa shape index (κ1) is 26.6. The third-order valence-electron chi connectivity index (χ3n) is 5.84. The number of hydrogen-bond donors (Lipinski definition) is 1. The van der Waals surface area contributed by atoms with Crippen molar-refractivity contribution < 1.29 is 4.74 Å². The number of likely N-dealkylation sites (tertiary alicyclic amines) is 1. The Kier molecular flexibility index (Phi) is 12.6. The molecule has 1 aliphatic heterocycles. The zero-order valence-corrected chi connectivity index (χ0v) is 21.9. The molecule has 0 unspecified atom stereocenters. The number of aryl methyl sites for hydroxylation is 1. The molecule has 178 valence electrons. The van der Waals surface area contributed by atoms with Gasteiger partial charge in [-0.1, -0.05) is 37.3 Å². The molecule has 0 saturated carbocycles. The van der Waals surface area contributed by atoms with E-state index >= 15 is 0 Å². The molecule has 1 N–H and O–H groups in total. The number of halogens is 1. The third-order valence-corrected chi connectivity index (χ3v) is 5.84. The summed E-state index contributed by atoms with van der Waals surface area (Å²) >= 11 is 0. The zero-order valence-electron chi connectivity index (χ0n) is 19.6. The molecule has 32 heavy (non-hydrogen) atoms. The first-order valence-corrected chi connectivity index (χ1v) is 11.8. The van der Waals surface area contributed by atoms with E-state index in [1.54, 1.807) is 0 Å². The van der Waals surface area contributed by atoms with Crippen LogP contribution >= 0.6 is 24.0 Å². The monoisotopic (exact) mass is 554 g/mol. The van der Waals surface area contributed by atoms with Crippen molar-refractivity contribution in [1.29, 1.82) is 0 Å². The van der Waals surface area contributed by atoms with E-state index in [4.69, 9.17) is 9.73 Å². The van der Waals surface area contributed by atoms with E-state index in [-0.39, 0.29) is 24.0 Å². The van der Waals surface area contributed by atoms with Crippen molar-refractivity contribution in [3.63, 3.8) is 0 Å². The number of piperidine rings is 1. The van der Waals surface area contributed by atoms with E-state index in [1.165, 1.54) is 24.8 Å². The molecule has 2 aromatic rings. The maximum atomic E-state index is 5.47. The lowest BCUT2D eigenvalue weighted by Crippen LogP contribution is -2.46. The molecular weight excluding hydrogens is 515 g/mol. The van der Waals surface area contributed by atoms with Crippen molar-refractivity contribution in [2.45, 2.75) is 52.5 Å². The van der Waals surface area contributed by atoms with Crippen molar-refractivity contribution in [2.75, 3.05) is 39.4 Å². The van der Waals surface area contributed by atoms with Gasteiger partial charge in [0, 0.05) is 52.4 Å². The smallest absolute Gasteiger partial charge is 0.193 e. The number of rotatable bonds is 11. The highest BCUT2D eigenvalue weighted by Crippen LogP contribution is 2.21. The van der Waals surface area contributed by atoms with Crippen LogP contribution in [-0.4, -0.2) is 65.0 Å². The second-order valence-corrected chi connectivity index (χ2v) is 8.10. The van der Waals surface area contributed by atoms with Crippen LogP contribution in [0.5, 0.6) is 0 Å². The highest BCUT2D eigenvalue weighted by atomic mass is 127. The van der Waals surface area contributed by atoms with Gasteiger partial charge in [0.2, 0.25) is 0 Å². The lowest BCUT2D eigenvalue weighted by atomic mass is 9.90. The van der Waals surface area contributed by atoms with Gasteiger partial charge in [0.05, 0.1) is 0 Å². The van der Waals surface area contributed by atoms with Crippen LogP contribution in [0.1, 0.15) is 44.5 Å². The predicted octanol–water partition coefficient (Wildman–Crippen LogP) is 3.79. The molecule has 1 aromatic carbocycles. The Labute approximate surface area is 210 Å². The largest absolute Gasteiger partial charge is 0.382 e. The summed E-state index contributed by atoms with van der Waals surface area (Å²) in [6, 6.07) is 10.9. The quantitative estimate of drug-likeness (QED) is 0.198. The number of benzene rings is 1. The maximum absolute atomic E-state index is 5.47. The van der Waals surface area contributed by atoms with Crippen LogP contribution in [-0.2, 0) is 24.1 Å². The summed E-state index contributed by atoms with van der Waals surface area (Å²) in [6.07, 6.45) is 7.26. The number of nitrogens with zero attached hydrogens (tertiary/aromatic N) is 5. The molecule has 0 aliphatic carbocycles. The summed E-state index contributed by atoms with van der Waals surface area (Å²) in [4.78, 5) is 7.33. The summed E-state index contributed by atoms with van der Waals surface area (Å²) in [5, 5.41) is 11.8. The zero-order chi connectivity index (χ0) is 21.7. The fourth-order valence-corrected chi connectivity index (χ4v) is 4.09. The van der Waals surface area contributed by atoms with E-state index in [2.05, 4.69) is 62.2 Å². The Balaban J connectivity index is 0.00000363. The van der Waals surface area contributed by atoms with Gasteiger partial charge in [-0.05, 0) is 44.1 Å². The molecule has 3 rings (SSSR count).